The molecule has 0 unspecified atom stereocenters. The zero-order valence-corrected chi connectivity index (χ0v) is 16.0. The van der Waals surface area contributed by atoms with E-state index in [0.29, 0.717) is 24.2 Å². The number of primary sulfonamides is 1. The number of sulfonamides is 1. The summed E-state index contributed by atoms with van der Waals surface area (Å²) < 4.78 is 22.5. The van der Waals surface area contributed by atoms with E-state index in [4.69, 9.17) is 5.14 Å². The number of rotatable bonds is 5. The fourth-order valence-corrected chi connectivity index (χ4v) is 3.40. The van der Waals surface area contributed by atoms with Crippen molar-refractivity contribution < 1.29 is 13.2 Å². The summed E-state index contributed by atoms with van der Waals surface area (Å²) in [5.41, 5.74) is 4.12. The molecule has 1 aromatic heterocycles. The van der Waals surface area contributed by atoms with Gasteiger partial charge in [0.25, 0.3) is 5.91 Å². The number of pyridine rings is 1. The van der Waals surface area contributed by atoms with E-state index < -0.39 is 10.0 Å². The number of hydrogen-bond acceptors (Lipinski definition) is 4. The van der Waals surface area contributed by atoms with Crippen molar-refractivity contribution in [3.8, 4) is 0 Å². The van der Waals surface area contributed by atoms with Gasteiger partial charge in [0, 0.05) is 11.9 Å². The second kappa shape index (κ2) is 7.46. The highest BCUT2D eigenvalue weighted by atomic mass is 32.2. The summed E-state index contributed by atoms with van der Waals surface area (Å²) in [4.78, 5) is 17.1. The Morgan fingerprint density at radius 1 is 1.07 bits per heavy atom. The van der Waals surface area contributed by atoms with Crippen LogP contribution in [0.2, 0.25) is 0 Å². The Labute approximate surface area is 158 Å². The number of aromatic nitrogens is 1. The third-order valence-electron chi connectivity index (χ3n) is 4.36. The average Bonchev–Trinajstić information content (AvgIpc) is 2.61. The number of aryl methyl sites for hydroxylation is 2. The van der Waals surface area contributed by atoms with Crippen LogP contribution in [-0.2, 0) is 16.4 Å². The number of amides is 1. The number of benzene rings is 2. The highest BCUT2D eigenvalue weighted by molar-refractivity contribution is 7.89. The van der Waals surface area contributed by atoms with Crippen molar-refractivity contribution in [2.45, 2.75) is 25.2 Å². The van der Waals surface area contributed by atoms with E-state index in [0.717, 1.165) is 22.0 Å². The molecule has 140 valence electrons. The zero-order valence-electron chi connectivity index (χ0n) is 15.2. The first-order valence-corrected chi connectivity index (χ1v) is 10.1. The minimum absolute atomic E-state index is 0.0726. The van der Waals surface area contributed by atoms with Crippen molar-refractivity contribution in [3.05, 3.63) is 70.9 Å². The standard InChI is InChI=1S/C20H21N3O3S/c1-13-3-8-19-16(11-13)12-18(14(2)23-19)20(24)22-10-9-15-4-6-17(7-5-15)27(21,25)26/h3-8,11-12H,9-10H2,1-2H3,(H,22,24)(H2,21,25,26). The lowest BCUT2D eigenvalue weighted by atomic mass is 10.1. The highest BCUT2D eigenvalue weighted by Gasteiger charge is 2.12. The number of hydrogen-bond donors (Lipinski definition) is 2. The molecule has 0 aliphatic heterocycles. The molecule has 0 aliphatic carbocycles. The highest BCUT2D eigenvalue weighted by Crippen LogP contribution is 2.18. The van der Waals surface area contributed by atoms with Crippen LogP contribution in [0.5, 0.6) is 0 Å². The Morgan fingerprint density at radius 2 is 1.78 bits per heavy atom. The molecule has 6 nitrogen and oxygen atoms in total. The second-order valence-electron chi connectivity index (χ2n) is 6.51. The molecule has 0 spiro atoms. The molecular formula is C20H21N3O3S. The van der Waals surface area contributed by atoms with E-state index in [-0.39, 0.29) is 10.8 Å². The lowest BCUT2D eigenvalue weighted by Crippen LogP contribution is -2.26. The van der Waals surface area contributed by atoms with E-state index >= 15 is 0 Å². The lowest BCUT2D eigenvalue weighted by molar-refractivity contribution is 0.0953. The van der Waals surface area contributed by atoms with Crippen LogP contribution in [-0.4, -0.2) is 25.9 Å². The molecule has 0 radical (unpaired) electrons. The minimum atomic E-state index is -3.69. The van der Waals surface area contributed by atoms with Gasteiger partial charge >= 0.3 is 0 Å². The van der Waals surface area contributed by atoms with Crippen molar-refractivity contribution >= 4 is 26.8 Å². The largest absolute Gasteiger partial charge is 0.352 e. The quantitative estimate of drug-likeness (QED) is 0.706. The van der Waals surface area contributed by atoms with Crippen LogP contribution in [0.25, 0.3) is 10.9 Å². The van der Waals surface area contributed by atoms with Crippen molar-refractivity contribution in [1.82, 2.24) is 10.3 Å². The van der Waals surface area contributed by atoms with Gasteiger partial charge in [0.05, 0.1) is 21.7 Å². The van der Waals surface area contributed by atoms with E-state index in [1.54, 1.807) is 12.1 Å². The van der Waals surface area contributed by atoms with Gasteiger partial charge in [-0.05, 0) is 56.2 Å². The SMILES string of the molecule is Cc1ccc2nc(C)c(C(=O)NCCc3ccc(S(N)(=O)=O)cc3)cc2c1. The number of carbonyl (C=O) groups excluding carboxylic acids is 1. The fraction of sp³-hybridized carbons (Fsp3) is 0.200. The van der Waals surface area contributed by atoms with Gasteiger partial charge < -0.3 is 5.32 Å². The molecule has 0 bridgehead atoms. The van der Waals surface area contributed by atoms with Crippen LogP contribution >= 0.6 is 0 Å². The van der Waals surface area contributed by atoms with Crippen LogP contribution in [0.3, 0.4) is 0 Å². The molecule has 0 fully saturated rings. The number of nitrogens with two attached hydrogens (primary N) is 1. The third kappa shape index (κ3) is 4.50. The monoisotopic (exact) mass is 383 g/mol. The number of carbonyl (C=O) groups is 1. The van der Waals surface area contributed by atoms with Crippen LogP contribution in [0, 0.1) is 13.8 Å². The Hall–Kier alpha value is -2.77. The minimum Gasteiger partial charge on any atom is -0.352 e. The molecule has 0 aliphatic rings. The summed E-state index contributed by atoms with van der Waals surface area (Å²) in [6, 6.07) is 14.1. The van der Waals surface area contributed by atoms with Gasteiger partial charge in [-0.15, -0.1) is 0 Å². The molecule has 3 aromatic rings. The van der Waals surface area contributed by atoms with Gasteiger partial charge in [-0.2, -0.15) is 0 Å². The van der Waals surface area contributed by atoms with Gasteiger partial charge in [0.1, 0.15) is 0 Å². The maximum absolute atomic E-state index is 12.5. The molecule has 0 atom stereocenters. The third-order valence-corrected chi connectivity index (χ3v) is 5.29. The first-order chi connectivity index (χ1) is 12.7. The van der Waals surface area contributed by atoms with Crippen LogP contribution in [0.15, 0.2) is 53.4 Å². The molecule has 3 rings (SSSR count). The summed E-state index contributed by atoms with van der Waals surface area (Å²) in [5, 5.41) is 8.91. The van der Waals surface area contributed by atoms with E-state index in [9.17, 15) is 13.2 Å². The second-order valence-corrected chi connectivity index (χ2v) is 8.07. The van der Waals surface area contributed by atoms with Gasteiger partial charge in [-0.25, -0.2) is 13.6 Å². The first kappa shape index (κ1) is 19.0. The Balaban J connectivity index is 1.67. The average molecular weight is 383 g/mol. The predicted molar refractivity (Wildman–Crippen MR) is 105 cm³/mol. The number of fused-ring (bicyclic) bond motifs is 1. The van der Waals surface area contributed by atoms with Gasteiger partial charge in [0.15, 0.2) is 0 Å². The molecular weight excluding hydrogens is 362 g/mol. The predicted octanol–water partition coefficient (Wildman–Crippen LogP) is 2.47. The summed E-state index contributed by atoms with van der Waals surface area (Å²) in [5.74, 6) is -0.176. The molecule has 1 heterocycles. The van der Waals surface area contributed by atoms with Crippen molar-refractivity contribution in [3.63, 3.8) is 0 Å². The van der Waals surface area contributed by atoms with E-state index in [1.165, 1.54) is 12.1 Å². The van der Waals surface area contributed by atoms with Gasteiger partial charge in [-0.1, -0.05) is 23.8 Å². The summed E-state index contributed by atoms with van der Waals surface area (Å²) in [6.45, 7) is 4.25. The molecule has 2 aromatic carbocycles. The van der Waals surface area contributed by atoms with Crippen LogP contribution in [0.1, 0.15) is 27.2 Å². The molecule has 27 heavy (non-hydrogen) atoms. The zero-order chi connectivity index (χ0) is 19.6. The van der Waals surface area contributed by atoms with Crippen LogP contribution < -0.4 is 10.5 Å². The smallest absolute Gasteiger partial charge is 0.253 e. The Kier molecular flexibility index (Phi) is 5.25. The molecule has 7 heteroatoms. The summed E-state index contributed by atoms with van der Waals surface area (Å²) in [7, 11) is -3.69. The molecule has 3 N–H and O–H groups in total. The van der Waals surface area contributed by atoms with Gasteiger partial charge in [0.2, 0.25) is 10.0 Å². The normalized spacial score (nSPS) is 11.5. The fourth-order valence-electron chi connectivity index (χ4n) is 2.88. The van der Waals surface area contributed by atoms with E-state index in [1.807, 2.05) is 38.1 Å². The first-order valence-electron chi connectivity index (χ1n) is 8.52. The topological polar surface area (TPSA) is 102 Å². The maximum Gasteiger partial charge on any atom is 0.253 e. The summed E-state index contributed by atoms with van der Waals surface area (Å²) in [6.07, 6.45) is 0.579. The molecule has 1 amide bonds. The molecule has 0 saturated carbocycles. The molecule has 0 saturated heterocycles. The lowest BCUT2D eigenvalue weighted by Gasteiger charge is -2.09. The van der Waals surface area contributed by atoms with E-state index in [2.05, 4.69) is 10.3 Å². The van der Waals surface area contributed by atoms with Crippen molar-refractivity contribution in [1.29, 1.82) is 0 Å². The maximum atomic E-state index is 12.5. The van der Waals surface area contributed by atoms with Crippen molar-refractivity contribution in [2.75, 3.05) is 6.54 Å². The number of nitrogens with one attached hydrogen (secondary N) is 1. The van der Waals surface area contributed by atoms with Crippen molar-refractivity contribution in [2.24, 2.45) is 5.14 Å². The number of nitrogens with zero attached hydrogens (tertiary/aromatic N) is 1. The Bertz CT molecular complexity index is 1110. The summed E-state index contributed by atoms with van der Waals surface area (Å²) >= 11 is 0. The Morgan fingerprint density at radius 3 is 2.44 bits per heavy atom. The van der Waals surface area contributed by atoms with Gasteiger partial charge in [-0.3, -0.25) is 9.78 Å². The van der Waals surface area contributed by atoms with Crippen LogP contribution in [0.4, 0.5) is 0 Å².